The van der Waals surface area contributed by atoms with E-state index in [1.54, 1.807) is 36.1 Å². The molecule has 0 aliphatic carbocycles. The molecular formula is C19H17F2N7S. The van der Waals surface area contributed by atoms with Crippen molar-refractivity contribution in [3.63, 3.8) is 0 Å². The fraction of sp³-hybridized carbons (Fsp3) is 0.158. The van der Waals surface area contributed by atoms with Gasteiger partial charge in [-0.05, 0) is 25.3 Å². The molecule has 1 unspecified atom stereocenters. The second-order valence-corrected chi connectivity index (χ2v) is 7.10. The van der Waals surface area contributed by atoms with E-state index in [0.717, 1.165) is 11.6 Å². The molecule has 0 spiro atoms. The number of hydrogen-bond donors (Lipinski definition) is 2. The van der Waals surface area contributed by atoms with Gasteiger partial charge in [0.15, 0.2) is 11.0 Å². The van der Waals surface area contributed by atoms with Crippen LogP contribution in [0.2, 0.25) is 0 Å². The zero-order chi connectivity index (χ0) is 20.5. The number of nitrogens with one attached hydrogen (secondary N) is 1. The van der Waals surface area contributed by atoms with Crippen molar-refractivity contribution in [3.05, 3.63) is 60.1 Å². The monoisotopic (exact) mass is 413 g/mol. The standard InChI is InChI=1S/C19H17F2N7S/c1-10(12-4-3-11(20)7-13(12)21)24-16-8-14(25-19(26-16)29-2)17-15-5-6-23-9-28(15)27-18(17)22/h3-10H,1-2H3,(H2,22,27)(H,24,25,26). The zero-order valence-corrected chi connectivity index (χ0v) is 16.4. The number of rotatable bonds is 5. The summed E-state index contributed by atoms with van der Waals surface area (Å²) in [6.45, 7) is 1.77. The van der Waals surface area contributed by atoms with Gasteiger partial charge in [-0.15, -0.1) is 5.10 Å². The second-order valence-electron chi connectivity index (χ2n) is 6.33. The summed E-state index contributed by atoms with van der Waals surface area (Å²) in [6, 6.07) is 6.58. The van der Waals surface area contributed by atoms with E-state index in [2.05, 4.69) is 25.4 Å². The molecule has 29 heavy (non-hydrogen) atoms. The molecule has 4 aromatic rings. The van der Waals surface area contributed by atoms with Gasteiger partial charge in [-0.25, -0.2) is 28.2 Å². The van der Waals surface area contributed by atoms with Crippen molar-refractivity contribution in [2.45, 2.75) is 18.1 Å². The quantitative estimate of drug-likeness (QED) is 0.378. The summed E-state index contributed by atoms with van der Waals surface area (Å²) in [5, 5.41) is 7.94. The first-order chi connectivity index (χ1) is 14.0. The van der Waals surface area contributed by atoms with Crippen molar-refractivity contribution < 1.29 is 8.78 Å². The molecule has 0 saturated heterocycles. The summed E-state index contributed by atoms with van der Waals surface area (Å²) < 4.78 is 28.9. The second kappa shape index (κ2) is 7.63. The molecule has 0 radical (unpaired) electrons. The van der Waals surface area contributed by atoms with Gasteiger partial charge in [0.2, 0.25) is 0 Å². The normalized spacial score (nSPS) is 12.3. The van der Waals surface area contributed by atoms with Crippen molar-refractivity contribution in [1.82, 2.24) is 24.6 Å². The molecule has 0 amide bonds. The van der Waals surface area contributed by atoms with Crippen LogP contribution in [0.15, 0.2) is 48.0 Å². The summed E-state index contributed by atoms with van der Waals surface area (Å²) in [7, 11) is 0. The highest BCUT2D eigenvalue weighted by Crippen LogP contribution is 2.32. The van der Waals surface area contributed by atoms with Crippen LogP contribution in [0.25, 0.3) is 16.8 Å². The van der Waals surface area contributed by atoms with E-state index in [4.69, 9.17) is 5.73 Å². The van der Waals surface area contributed by atoms with Gasteiger partial charge in [0.05, 0.1) is 22.8 Å². The molecule has 0 aliphatic rings. The highest BCUT2D eigenvalue weighted by atomic mass is 32.2. The lowest BCUT2D eigenvalue weighted by atomic mass is 10.1. The van der Waals surface area contributed by atoms with Crippen molar-refractivity contribution in [2.75, 3.05) is 17.3 Å². The van der Waals surface area contributed by atoms with Crippen LogP contribution in [0.5, 0.6) is 0 Å². The minimum atomic E-state index is -0.622. The van der Waals surface area contributed by atoms with Crippen LogP contribution in [0.4, 0.5) is 20.4 Å². The molecule has 0 aliphatic heterocycles. The number of nitrogen functional groups attached to an aromatic ring is 1. The average Bonchev–Trinajstić information content (AvgIpc) is 3.03. The molecule has 0 saturated carbocycles. The minimum Gasteiger partial charge on any atom is -0.382 e. The molecule has 4 rings (SSSR count). The number of thioether (sulfide) groups is 1. The van der Waals surface area contributed by atoms with E-state index in [-0.39, 0.29) is 0 Å². The largest absolute Gasteiger partial charge is 0.382 e. The topological polar surface area (TPSA) is 94.0 Å². The lowest BCUT2D eigenvalue weighted by molar-refractivity contribution is 0.566. The van der Waals surface area contributed by atoms with Gasteiger partial charge in [0.25, 0.3) is 0 Å². The summed E-state index contributed by atoms with van der Waals surface area (Å²) in [6.07, 6.45) is 5.06. The Hall–Kier alpha value is -3.27. The molecule has 3 N–H and O–H groups in total. The summed E-state index contributed by atoms with van der Waals surface area (Å²) in [4.78, 5) is 13.0. The highest BCUT2D eigenvalue weighted by molar-refractivity contribution is 7.98. The van der Waals surface area contributed by atoms with Crippen LogP contribution in [0.1, 0.15) is 18.5 Å². The number of anilines is 2. The van der Waals surface area contributed by atoms with Crippen LogP contribution in [0.3, 0.4) is 0 Å². The van der Waals surface area contributed by atoms with Gasteiger partial charge in [-0.1, -0.05) is 17.8 Å². The molecule has 1 aromatic carbocycles. The third kappa shape index (κ3) is 3.70. The van der Waals surface area contributed by atoms with Gasteiger partial charge in [-0.3, -0.25) is 0 Å². The maximum Gasteiger partial charge on any atom is 0.189 e. The van der Waals surface area contributed by atoms with Crippen LogP contribution in [0, 0.1) is 11.6 Å². The smallest absolute Gasteiger partial charge is 0.189 e. The van der Waals surface area contributed by atoms with E-state index in [1.807, 2.05) is 6.26 Å². The number of fused-ring (bicyclic) bond motifs is 1. The molecule has 1 atom stereocenters. The summed E-state index contributed by atoms with van der Waals surface area (Å²) >= 11 is 1.37. The molecule has 3 heterocycles. The summed E-state index contributed by atoms with van der Waals surface area (Å²) in [5.41, 5.74) is 8.45. The average molecular weight is 413 g/mol. The molecule has 3 aromatic heterocycles. The van der Waals surface area contributed by atoms with Gasteiger partial charge in [0.1, 0.15) is 23.8 Å². The third-order valence-corrected chi connectivity index (χ3v) is 4.95. The Labute approximate surface area is 169 Å². The Morgan fingerprint density at radius 3 is 2.76 bits per heavy atom. The van der Waals surface area contributed by atoms with Crippen LogP contribution in [-0.4, -0.2) is 30.8 Å². The number of aromatic nitrogens is 5. The van der Waals surface area contributed by atoms with E-state index in [1.165, 1.54) is 23.9 Å². The van der Waals surface area contributed by atoms with Crippen molar-refractivity contribution in [2.24, 2.45) is 0 Å². The Morgan fingerprint density at radius 2 is 2.00 bits per heavy atom. The van der Waals surface area contributed by atoms with E-state index in [0.29, 0.717) is 33.6 Å². The first-order valence-electron chi connectivity index (χ1n) is 8.69. The Kier molecular flexibility index (Phi) is 5.01. The molecule has 10 heteroatoms. The molecular weight excluding hydrogens is 396 g/mol. The maximum absolute atomic E-state index is 14.1. The van der Waals surface area contributed by atoms with Crippen LogP contribution >= 0.6 is 11.8 Å². The highest BCUT2D eigenvalue weighted by Gasteiger charge is 2.18. The van der Waals surface area contributed by atoms with Crippen molar-refractivity contribution in [1.29, 1.82) is 0 Å². The lowest BCUT2D eigenvalue weighted by Gasteiger charge is -2.17. The molecule has 7 nitrogen and oxygen atoms in total. The maximum atomic E-state index is 14.1. The SMILES string of the molecule is CSc1nc(NC(C)c2ccc(F)cc2F)cc(-c2c(N)nn3cnccc23)n1. The first-order valence-corrected chi connectivity index (χ1v) is 9.91. The van der Waals surface area contributed by atoms with Gasteiger partial charge in [0, 0.05) is 23.9 Å². The third-order valence-electron chi connectivity index (χ3n) is 4.41. The molecule has 0 fully saturated rings. The van der Waals surface area contributed by atoms with Gasteiger partial charge >= 0.3 is 0 Å². The van der Waals surface area contributed by atoms with Crippen molar-refractivity contribution >= 4 is 28.9 Å². The van der Waals surface area contributed by atoms with Gasteiger partial charge < -0.3 is 11.1 Å². The fourth-order valence-electron chi connectivity index (χ4n) is 3.06. The zero-order valence-electron chi connectivity index (χ0n) is 15.6. The van der Waals surface area contributed by atoms with Crippen LogP contribution in [-0.2, 0) is 0 Å². The van der Waals surface area contributed by atoms with Crippen molar-refractivity contribution in [3.8, 4) is 11.3 Å². The number of benzene rings is 1. The number of nitrogens with two attached hydrogens (primary N) is 1. The fourth-order valence-corrected chi connectivity index (χ4v) is 3.44. The number of halogens is 2. The predicted octanol–water partition coefficient (Wildman–Crippen LogP) is 3.94. The number of nitrogens with zero attached hydrogens (tertiary/aromatic N) is 5. The Balaban J connectivity index is 1.75. The van der Waals surface area contributed by atoms with Crippen LogP contribution < -0.4 is 11.1 Å². The van der Waals surface area contributed by atoms with E-state index in [9.17, 15) is 8.78 Å². The Morgan fingerprint density at radius 1 is 1.17 bits per heavy atom. The predicted molar refractivity (Wildman–Crippen MR) is 109 cm³/mol. The first kappa shape index (κ1) is 19.1. The lowest BCUT2D eigenvalue weighted by Crippen LogP contribution is -2.11. The molecule has 148 valence electrons. The number of hydrogen-bond acceptors (Lipinski definition) is 7. The van der Waals surface area contributed by atoms with Gasteiger partial charge in [-0.2, -0.15) is 0 Å². The van der Waals surface area contributed by atoms with E-state index >= 15 is 0 Å². The summed E-state index contributed by atoms with van der Waals surface area (Å²) in [5.74, 6) is -0.440. The molecule has 0 bridgehead atoms. The Bertz CT molecular complexity index is 1190. The minimum absolute atomic E-state index is 0.312. The van der Waals surface area contributed by atoms with E-state index < -0.39 is 17.7 Å².